The van der Waals surface area contributed by atoms with E-state index < -0.39 is 13.2 Å². The van der Waals surface area contributed by atoms with Crippen LogP contribution in [-0.2, 0) is 10.2 Å². The van der Waals surface area contributed by atoms with E-state index in [-0.39, 0.29) is 11.2 Å². The molecule has 168 valence electrons. The van der Waals surface area contributed by atoms with Gasteiger partial charge in [-0.1, -0.05) is 69.3 Å². The van der Waals surface area contributed by atoms with Crippen molar-refractivity contribution in [1.29, 1.82) is 0 Å². The molecule has 0 fully saturated rings. The Morgan fingerprint density at radius 2 is 1.39 bits per heavy atom. The van der Waals surface area contributed by atoms with E-state index >= 15 is 0 Å². The molecule has 0 atom stereocenters. The van der Waals surface area contributed by atoms with Crippen LogP contribution >= 0.6 is 7.26 Å². The van der Waals surface area contributed by atoms with Gasteiger partial charge in [0.05, 0.1) is 12.8 Å². The fourth-order valence-corrected chi connectivity index (χ4v) is 8.83. The molecule has 1 N–H and O–H groups in total. The number of aromatic nitrogens is 2. The van der Waals surface area contributed by atoms with E-state index in [0.717, 1.165) is 11.1 Å². The van der Waals surface area contributed by atoms with Crippen molar-refractivity contribution in [2.75, 3.05) is 7.11 Å². The zero-order valence-corrected chi connectivity index (χ0v) is 20.7. The van der Waals surface area contributed by atoms with Gasteiger partial charge >= 0.3 is 5.97 Å². The molecule has 1 heterocycles. The van der Waals surface area contributed by atoms with E-state index in [1.807, 2.05) is 12.1 Å². The third-order valence-electron chi connectivity index (χ3n) is 5.81. The number of rotatable bonds is 5. The number of nitrogens with zero attached hydrogens (tertiary/aromatic N) is 1. The van der Waals surface area contributed by atoms with E-state index in [2.05, 4.69) is 105 Å². The number of hydrogen-bond acceptors (Lipinski definition) is 3. The summed E-state index contributed by atoms with van der Waals surface area (Å²) in [6.07, 6.45) is 0. The van der Waals surface area contributed by atoms with Crippen molar-refractivity contribution in [3.63, 3.8) is 0 Å². The maximum Gasteiger partial charge on any atom is 0.374 e. The largest absolute Gasteiger partial charge is 0.463 e. The number of carbonyl (C=O) groups is 1. The molecule has 4 nitrogen and oxygen atoms in total. The predicted octanol–water partition coefficient (Wildman–Crippen LogP) is 4.42. The van der Waals surface area contributed by atoms with Crippen molar-refractivity contribution in [3.05, 3.63) is 102 Å². The maximum atomic E-state index is 12.6. The van der Waals surface area contributed by atoms with Crippen molar-refractivity contribution in [3.8, 4) is 0 Å². The first kappa shape index (κ1) is 22.9. The number of H-pyrrole nitrogens is 1. The number of aromatic amines is 1. The summed E-state index contributed by atoms with van der Waals surface area (Å²) in [6, 6.07) is 29.8. The Balaban J connectivity index is 2.21. The van der Waals surface area contributed by atoms with Crippen molar-refractivity contribution in [2.45, 2.75) is 33.1 Å². The van der Waals surface area contributed by atoms with Gasteiger partial charge in [0.2, 0.25) is 11.3 Å². The molecule has 0 aliphatic rings. The Morgan fingerprint density at radius 1 is 0.848 bits per heavy atom. The van der Waals surface area contributed by atoms with Gasteiger partial charge in [-0.25, -0.2) is 4.79 Å². The summed E-state index contributed by atoms with van der Waals surface area (Å²) >= 11 is 0. The van der Waals surface area contributed by atoms with Crippen molar-refractivity contribution in [1.82, 2.24) is 9.97 Å². The van der Waals surface area contributed by atoms with Gasteiger partial charge in [-0.3, -0.25) is 0 Å². The summed E-state index contributed by atoms with van der Waals surface area (Å²) in [7, 11) is -1.06. The highest BCUT2D eigenvalue weighted by Crippen LogP contribution is 2.55. The monoisotopic (exact) mass is 457 g/mol. The zero-order valence-electron chi connectivity index (χ0n) is 19.8. The fraction of sp³-hybridized carbons (Fsp3) is 0.214. The van der Waals surface area contributed by atoms with Gasteiger partial charge in [0.1, 0.15) is 15.9 Å². The minimum atomic E-state index is -2.45. The molecule has 0 amide bonds. The minimum absolute atomic E-state index is 0.237. The van der Waals surface area contributed by atoms with Crippen LogP contribution in [0.25, 0.3) is 0 Å². The molecule has 4 rings (SSSR count). The Hall–Kier alpha value is -3.23. The standard InChI is InChI=1S/C28H29N2O2P/c1-20-13-12-18-23(19-20)33(21-14-8-6-9-15-21,22-16-10-7-11-17-22)26-24(28(2,3)4)29-25(30-26)27(31)32-5/h6-19H,1-5H3/p+1. The number of esters is 1. The summed E-state index contributed by atoms with van der Waals surface area (Å²) in [5, 5.41) is 3.58. The van der Waals surface area contributed by atoms with Crippen LogP contribution in [0.15, 0.2) is 84.9 Å². The lowest BCUT2D eigenvalue weighted by Crippen LogP contribution is -2.42. The second kappa shape index (κ2) is 8.96. The third-order valence-corrected chi connectivity index (χ3v) is 9.96. The van der Waals surface area contributed by atoms with Crippen LogP contribution in [0.5, 0.6) is 0 Å². The minimum Gasteiger partial charge on any atom is -0.463 e. The molecule has 3 aromatic carbocycles. The van der Waals surface area contributed by atoms with Crippen LogP contribution in [0.3, 0.4) is 0 Å². The molecular weight excluding hydrogens is 427 g/mol. The van der Waals surface area contributed by atoms with E-state index in [1.54, 1.807) is 0 Å². The molecule has 5 heteroatoms. The van der Waals surface area contributed by atoms with Crippen LogP contribution in [0.2, 0.25) is 0 Å². The Bertz CT molecular complexity index is 1220. The second-order valence-electron chi connectivity index (χ2n) is 9.21. The molecule has 1 aromatic heterocycles. The van der Waals surface area contributed by atoms with Crippen molar-refractivity contribution >= 4 is 34.6 Å². The van der Waals surface area contributed by atoms with Gasteiger partial charge in [-0.15, -0.1) is 0 Å². The summed E-state index contributed by atoms with van der Waals surface area (Å²) < 4.78 is 5.05. The number of methoxy groups -OCH3 is 1. The predicted molar refractivity (Wildman–Crippen MR) is 138 cm³/mol. The topological polar surface area (TPSA) is 55.0 Å². The molecule has 0 bridgehead atoms. The quantitative estimate of drug-likeness (QED) is 0.357. The maximum absolute atomic E-state index is 12.6. The molecule has 33 heavy (non-hydrogen) atoms. The van der Waals surface area contributed by atoms with Crippen LogP contribution in [-0.4, -0.2) is 23.0 Å². The van der Waals surface area contributed by atoms with Crippen LogP contribution in [0.1, 0.15) is 42.6 Å². The molecule has 0 aliphatic carbocycles. The SMILES string of the molecule is COC(=O)c1nc([P+](c2ccccc2)(c2ccccc2)c2cccc(C)c2)c(C(C)(C)C)[nH]1. The molecule has 0 saturated carbocycles. The number of nitrogens with one attached hydrogen (secondary N) is 1. The van der Waals surface area contributed by atoms with Gasteiger partial charge in [0, 0.05) is 5.41 Å². The van der Waals surface area contributed by atoms with Crippen molar-refractivity contribution in [2.24, 2.45) is 0 Å². The highest BCUT2D eigenvalue weighted by Gasteiger charge is 2.53. The lowest BCUT2D eigenvalue weighted by atomic mass is 9.93. The smallest absolute Gasteiger partial charge is 0.374 e. The lowest BCUT2D eigenvalue weighted by Gasteiger charge is -2.29. The Kier molecular flexibility index (Phi) is 6.23. The fourth-order valence-electron chi connectivity index (χ4n) is 4.28. The first-order valence-electron chi connectivity index (χ1n) is 11.1. The van der Waals surface area contributed by atoms with E-state index in [0.29, 0.717) is 0 Å². The van der Waals surface area contributed by atoms with E-state index in [9.17, 15) is 4.79 Å². The molecule has 0 radical (unpaired) electrons. The summed E-state index contributed by atoms with van der Waals surface area (Å²) in [4.78, 5) is 20.9. The van der Waals surface area contributed by atoms with Crippen LogP contribution < -0.4 is 21.3 Å². The lowest BCUT2D eigenvalue weighted by molar-refractivity contribution is 0.0588. The number of aryl methyl sites for hydroxylation is 1. The summed E-state index contributed by atoms with van der Waals surface area (Å²) in [6.45, 7) is 8.55. The molecule has 0 unspecified atom stereocenters. The third kappa shape index (κ3) is 4.12. The first-order valence-corrected chi connectivity index (χ1v) is 12.8. The van der Waals surface area contributed by atoms with Gasteiger partial charge in [0.25, 0.3) is 0 Å². The average Bonchev–Trinajstić information content (AvgIpc) is 3.27. The van der Waals surface area contributed by atoms with Gasteiger partial charge < -0.3 is 9.72 Å². The number of imidazole rings is 1. The first-order chi connectivity index (χ1) is 15.8. The number of hydrogen-bond donors (Lipinski definition) is 1. The normalized spacial score (nSPS) is 11.9. The highest BCUT2D eigenvalue weighted by molar-refractivity contribution is 8.01. The molecule has 0 spiro atoms. The highest BCUT2D eigenvalue weighted by atomic mass is 31.2. The number of carbonyl (C=O) groups excluding carboxylic acids is 1. The number of ether oxygens (including phenoxy) is 1. The summed E-state index contributed by atoms with van der Waals surface area (Å²) in [5.41, 5.74) is 2.78. The van der Waals surface area contributed by atoms with Gasteiger partial charge in [-0.05, 0) is 48.9 Å². The van der Waals surface area contributed by atoms with Crippen molar-refractivity contribution < 1.29 is 9.53 Å². The van der Waals surface area contributed by atoms with E-state index in [4.69, 9.17) is 9.72 Å². The van der Waals surface area contributed by atoms with Crippen LogP contribution in [0, 0.1) is 6.92 Å². The van der Waals surface area contributed by atoms with Gasteiger partial charge in [0.15, 0.2) is 7.26 Å². The Labute approximate surface area is 196 Å². The summed E-state index contributed by atoms with van der Waals surface area (Å²) in [5.74, 6) is -0.225. The second-order valence-corrected chi connectivity index (χ2v) is 12.5. The molecular formula is C28H30N2O2P+. The molecule has 4 aromatic rings. The Morgan fingerprint density at radius 3 is 1.88 bits per heavy atom. The number of benzene rings is 3. The van der Waals surface area contributed by atoms with Crippen LogP contribution in [0.4, 0.5) is 0 Å². The van der Waals surface area contributed by atoms with E-state index in [1.165, 1.54) is 28.6 Å². The van der Waals surface area contributed by atoms with Gasteiger partial charge in [-0.2, -0.15) is 4.98 Å². The molecule has 0 saturated heterocycles. The zero-order chi connectivity index (χ0) is 23.6. The average molecular weight is 458 g/mol. The molecule has 0 aliphatic heterocycles.